The van der Waals surface area contributed by atoms with E-state index in [2.05, 4.69) is 32.6 Å². The fourth-order valence-corrected chi connectivity index (χ4v) is 4.28. The summed E-state index contributed by atoms with van der Waals surface area (Å²) < 4.78 is 5.14. The molecule has 2 aliphatic heterocycles. The molecule has 2 atom stereocenters. The number of amides is 2. The van der Waals surface area contributed by atoms with Gasteiger partial charge >= 0.3 is 6.03 Å². The van der Waals surface area contributed by atoms with Crippen LogP contribution in [0.1, 0.15) is 17.5 Å². The van der Waals surface area contributed by atoms with E-state index in [4.69, 9.17) is 4.74 Å². The zero-order valence-electron chi connectivity index (χ0n) is 17.4. The maximum Gasteiger partial charge on any atom is 0.319 e. The largest absolute Gasteiger partial charge is 0.497 e. The average molecular weight is 411 g/mol. The van der Waals surface area contributed by atoms with Gasteiger partial charge in [0.15, 0.2) is 0 Å². The summed E-state index contributed by atoms with van der Waals surface area (Å²) in [4.78, 5) is 17.0. The number of carbonyl (C=O) groups excluding carboxylic acids is 1. The number of rotatable bonds is 6. The summed E-state index contributed by atoms with van der Waals surface area (Å²) in [5, 5.41) is 15.6. The third-order valence-corrected chi connectivity index (χ3v) is 5.91. The lowest BCUT2D eigenvalue weighted by Crippen LogP contribution is -2.49. The monoisotopic (exact) mass is 410 g/mol. The predicted octanol–water partition coefficient (Wildman–Crippen LogP) is 2.27. The number of anilines is 1. The van der Waals surface area contributed by atoms with Crippen LogP contribution in [0.3, 0.4) is 0 Å². The number of methoxy groups -OCH3 is 1. The minimum Gasteiger partial charge on any atom is -0.497 e. The number of piperazine rings is 1. The molecule has 4 rings (SSSR count). The van der Waals surface area contributed by atoms with Crippen LogP contribution in [0.15, 0.2) is 48.5 Å². The second-order valence-corrected chi connectivity index (χ2v) is 8.13. The van der Waals surface area contributed by atoms with Crippen molar-refractivity contribution in [2.75, 3.05) is 38.6 Å². The zero-order chi connectivity index (χ0) is 20.9. The van der Waals surface area contributed by atoms with Crippen LogP contribution in [0.4, 0.5) is 10.5 Å². The van der Waals surface area contributed by atoms with Crippen molar-refractivity contribution in [2.45, 2.75) is 31.7 Å². The highest BCUT2D eigenvalue weighted by Gasteiger charge is 2.34. The van der Waals surface area contributed by atoms with Crippen LogP contribution in [0.2, 0.25) is 0 Å². The average Bonchev–Trinajstić information content (AvgIpc) is 3.13. The first-order valence-electron chi connectivity index (χ1n) is 10.5. The van der Waals surface area contributed by atoms with Gasteiger partial charge in [0.05, 0.1) is 13.2 Å². The summed E-state index contributed by atoms with van der Waals surface area (Å²) in [6, 6.07) is 15.9. The number of urea groups is 1. The van der Waals surface area contributed by atoms with Crippen molar-refractivity contribution >= 4 is 11.7 Å². The highest BCUT2D eigenvalue weighted by Crippen LogP contribution is 2.23. The van der Waals surface area contributed by atoms with E-state index in [1.165, 1.54) is 5.56 Å². The minimum atomic E-state index is -0.227. The predicted molar refractivity (Wildman–Crippen MR) is 117 cm³/mol. The summed E-state index contributed by atoms with van der Waals surface area (Å²) >= 11 is 0. The SMILES string of the molecule is COc1ccc(CNC(=O)Nc2ccc(CN3CCN4C[C@H](O)C[C@@H]4C3)cc2)cc1. The van der Waals surface area contributed by atoms with Gasteiger partial charge in [0.25, 0.3) is 0 Å². The van der Waals surface area contributed by atoms with Crippen LogP contribution in [0.5, 0.6) is 5.75 Å². The Hall–Kier alpha value is -2.61. The van der Waals surface area contributed by atoms with Gasteiger partial charge in [-0.3, -0.25) is 9.80 Å². The van der Waals surface area contributed by atoms with Crippen LogP contribution in [0, 0.1) is 0 Å². The summed E-state index contributed by atoms with van der Waals surface area (Å²) in [7, 11) is 1.63. The Balaban J connectivity index is 1.22. The molecule has 0 spiro atoms. The number of hydrogen-bond donors (Lipinski definition) is 3. The molecule has 2 aliphatic rings. The third-order valence-electron chi connectivity index (χ3n) is 5.91. The molecule has 2 heterocycles. The fraction of sp³-hybridized carbons (Fsp3) is 0.435. The zero-order valence-corrected chi connectivity index (χ0v) is 17.4. The highest BCUT2D eigenvalue weighted by atomic mass is 16.5. The minimum absolute atomic E-state index is 0.170. The lowest BCUT2D eigenvalue weighted by atomic mass is 10.1. The maximum atomic E-state index is 12.2. The fourth-order valence-electron chi connectivity index (χ4n) is 4.28. The van der Waals surface area contributed by atoms with Gasteiger partial charge in [0, 0.05) is 51.0 Å². The molecular weight excluding hydrogens is 380 g/mol. The number of nitrogens with zero attached hydrogens (tertiary/aromatic N) is 2. The van der Waals surface area contributed by atoms with Crippen molar-refractivity contribution < 1.29 is 14.6 Å². The van der Waals surface area contributed by atoms with Crippen LogP contribution in [-0.4, -0.2) is 66.4 Å². The topological polar surface area (TPSA) is 77.1 Å². The number of fused-ring (bicyclic) bond motifs is 1. The van der Waals surface area contributed by atoms with E-state index in [1.54, 1.807) is 7.11 Å². The molecule has 0 unspecified atom stereocenters. The molecule has 30 heavy (non-hydrogen) atoms. The summed E-state index contributed by atoms with van der Waals surface area (Å²) in [6.07, 6.45) is 0.710. The van der Waals surface area contributed by atoms with Gasteiger partial charge in [-0.05, 0) is 41.8 Å². The number of hydrogen-bond acceptors (Lipinski definition) is 5. The molecule has 0 saturated carbocycles. The van der Waals surface area contributed by atoms with E-state index in [0.29, 0.717) is 12.6 Å². The van der Waals surface area contributed by atoms with Gasteiger partial charge in [-0.2, -0.15) is 0 Å². The molecule has 2 amide bonds. The molecule has 3 N–H and O–H groups in total. The van der Waals surface area contributed by atoms with Crippen molar-refractivity contribution in [1.29, 1.82) is 0 Å². The Bertz CT molecular complexity index is 841. The Morgan fingerprint density at radius 2 is 1.80 bits per heavy atom. The number of nitrogens with one attached hydrogen (secondary N) is 2. The standard InChI is InChI=1S/C23H30N4O3/c1-30-22-8-4-17(5-9-22)13-24-23(29)25-19-6-2-18(3-7-19)14-26-10-11-27-16-21(28)12-20(27)15-26/h2-9,20-21,28H,10-16H2,1H3,(H2,24,25,29)/t20-,21-/m1/s1. The first kappa shape index (κ1) is 20.7. The lowest BCUT2D eigenvalue weighted by molar-refractivity contribution is 0.0972. The Kier molecular flexibility index (Phi) is 6.52. The van der Waals surface area contributed by atoms with Gasteiger partial charge in [0.1, 0.15) is 5.75 Å². The van der Waals surface area contributed by atoms with E-state index >= 15 is 0 Å². The van der Waals surface area contributed by atoms with Crippen molar-refractivity contribution in [3.63, 3.8) is 0 Å². The molecular formula is C23H30N4O3. The van der Waals surface area contributed by atoms with Crippen LogP contribution in [-0.2, 0) is 13.1 Å². The molecule has 7 heteroatoms. The number of carbonyl (C=O) groups is 1. The van der Waals surface area contributed by atoms with E-state index in [-0.39, 0.29) is 12.1 Å². The molecule has 2 aromatic carbocycles. The van der Waals surface area contributed by atoms with E-state index in [0.717, 1.165) is 56.1 Å². The summed E-state index contributed by atoms with van der Waals surface area (Å²) in [5.74, 6) is 0.797. The number of ether oxygens (including phenoxy) is 1. The van der Waals surface area contributed by atoms with E-state index in [9.17, 15) is 9.90 Å². The summed E-state index contributed by atoms with van der Waals surface area (Å²) in [5.41, 5.74) is 3.01. The van der Waals surface area contributed by atoms with Crippen molar-refractivity contribution in [2.24, 2.45) is 0 Å². The van der Waals surface area contributed by atoms with Gasteiger partial charge in [-0.25, -0.2) is 4.79 Å². The molecule has 2 fully saturated rings. The molecule has 2 saturated heterocycles. The lowest BCUT2D eigenvalue weighted by Gasteiger charge is -2.37. The molecule has 0 aliphatic carbocycles. The number of benzene rings is 2. The first-order valence-corrected chi connectivity index (χ1v) is 10.5. The van der Waals surface area contributed by atoms with Crippen molar-refractivity contribution in [1.82, 2.24) is 15.1 Å². The van der Waals surface area contributed by atoms with Crippen molar-refractivity contribution in [3.8, 4) is 5.75 Å². The van der Waals surface area contributed by atoms with Crippen molar-refractivity contribution in [3.05, 3.63) is 59.7 Å². The van der Waals surface area contributed by atoms with Crippen LogP contribution in [0.25, 0.3) is 0 Å². The molecule has 2 aromatic rings. The molecule has 0 radical (unpaired) electrons. The maximum absolute atomic E-state index is 12.2. The van der Waals surface area contributed by atoms with Crippen LogP contribution >= 0.6 is 0 Å². The van der Waals surface area contributed by atoms with Crippen LogP contribution < -0.4 is 15.4 Å². The van der Waals surface area contributed by atoms with Gasteiger partial charge in [-0.1, -0.05) is 24.3 Å². The third kappa shape index (κ3) is 5.30. The molecule has 160 valence electrons. The number of aliphatic hydroxyl groups is 1. The van der Waals surface area contributed by atoms with E-state index < -0.39 is 0 Å². The quantitative estimate of drug-likeness (QED) is 0.681. The number of aliphatic hydroxyl groups excluding tert-OH is 1. The molecule has 0 aromatic heterocycles. The van der Waals surface area contributed by atoms with Gasteiger partial charge in [-0.15, -0.1) is 0 Å². The van der Waals surface area contributed by atoms with E-state index in [1.807, 2.05) is 36.4 Å². The molecule has 0 bridgehead atoms. The summed E-state index contributed by atoms with van der Waals surface area (Å²) in [6.45, 7) is 5.22. The smallest absolute Gasteiger partial charge is 0.319 e. The Labute approximate surface area is 177 Å². The highest BCUT2D eigenvalue weighted by molar-refractivity contribution is 5.89. The second kappa shape index (κ2) is 9.47. The Morgan fingerprint density at radius 3 is 2.53 bits per heavy atom. The van der Waals surface area contributed by atoms with Gasteiger partial charge < -0.3 is 20.5 Å². The van der Waals surface area contributed by atoms with Gasteiger partial charge in [0.2, 0.25) is 0 Å². The Morgan fingerprint density at radius 1 is 1.07 bits per heavy atom. The first-order chi connectivity index (χ1) is 14.6. The normalized spacial score (nSPS) is 21.8. The molecule has 7 nitrogen and oxygen atoms in total. The second-order valence-electron chi connectivity index (χ2n) is 8.13.